The minimum atomic E-state index is -0.275. The van der Waals surface area contributed by atoms with Crippen molar-refractivity contribution in [1.82, 2.24) is 4.57 Å². The highest BCUT2D eigenvalue weighted by molar-refractivity contribution is 9.10. The molecule has 0 aliphatic rings. The van der Waals surface area contributed by atoms with Gasteiger partial charge in [0.05, 0.1) is 4.47 Å². The van der Waals surface area contributed by atoms with E-state index < -0.39 is 0 Å². The first-order valence-corrected chi connectivity index (χ1v) is 6.61. The lowest BCUT2D eigenvalue weighted by atomic mass is 10.2. The average molecular weight is 322 g/mol. The molecule has 0 amide bonds. The van der Waals surface area contributed by atoms with Crippen LogP contribution in [0.4, 0.5) is 8.78 Å². The fraction of sp³-hybridized carbons (Fsp3) is 0.0667. The Morgan fingerprint density at radius 2 is 1.84 bits per heavy atom. The van der Waals surface area contributed by atoms with Crippen molar-refractivity contribution in [2.75, 3.05) is 0 Å². The van der Waals surface area contributed by atoms with Crippen molar-refractivity contribution in [3.05, 3.63) is 70.3 Å². The van der Waals surface area contributed by atoms with Crippen LogP contribution >= 0.6 is 15.9 Å². The lowest BCUT2D eigenvalue weighted by Crippen LogP contribution is -1.98. The van der Waals surface area contributed by atoms with E-state index in [1.165, 1.54) is 18.2 Å². The molecule has 4 heteroatoms. The van der Waals surface area contributed by atoms with E-state index in [0.29, 0.717) is 11.0 Å². The summed E-state index contributed by atoms with van der Waals surface area (Å²) in [4.78, 5) is 0. The fourth-order valence-corrected chi connectivity index (χ4v) is 2.57. The Bertz CT molecular complexity index is 749. The predicted octanol–water partition coefficient (Wildman–Crippen LogP) is 4.73. The van der Waals surface area contributed by atoms with Crippen LogP contribution in [-0.2, 0) is 6.54 Å². The van der Waals surface area contributed by atoms with Gasteiger partial charge in [0.25, 0.3) is 0 Å². The van der Waals surface area contributed by atoms with Gasteiger partial charge in [-0.05, 0) is 57.9 Å². The highest BCUT2D eigenvalue weighted by Crippen LogP contribution is 2.21. The summed E-state index contributed by atoms with van der Waals surface area (Å²) in [5, 5.41) is 0.862. The van der Waals surface area contributed by atoms with Gasteiger partial charge in [-0.3, -0.25) is 0 Å². The summed E-state index contributed by atoms with van der Waals surface area (Å²) >= 11 is 3.18. The minimum absolute atomic E-state index is 0.241. The molecule has 0 unspecified atom stereocenters. The summed E-state index contributed by atoms with van der Waals surface area (Å²) in [5.41, 5.74) is 1.94. The van der Waals surface area contributed by atoms with Gasteiger partial charge in [-0.15, -0.1) is 0 Å². The van der Waals surface area contributed by atoms with Crippen LogP contribution in [-0.4, -0.2) is 4.57 Å². The van der Waals surface area contributed by atoms with Gasteiger partial charge in [0.1, 0.15) is 11.6 Å². The largest absolute Gasteiger partial charge is 0.343 e. The summed E-state index contributed by atoms with van der Waals surface area (Å²) < 4.78 is 28.8. The van der Waals surface area contributed by atoms with E-state index in [9.17, 15) is 8.78 Å². The molecule has 1 aromatic heterocycles. The summed E-state index contributed by atoms with van der Waals surface area (Å²) in [6.07, 6.45) is 1.90. The normalized spacial score (nSPS) is 11.1. The molecule has 0 bridgehead atoms. The van der Waals surface area contributed by atoms with Gasteiger partial charge in [0.2, 0.25) is 0 Å². The van der Waals surface area contributed by atoms with Crippen LogP contribution in [0, 0.1) is 11.6 Å². The SMILES string of the molecule is Fc1ccc2c(ccn2Cc2ccc(F)c(Br)c2)c1. The number of rotatable bonds is 2. The number of benzene rings is 2. The smallest absolute Gasteiger partial charge is 0.137 e. The average Bonchev–Trinajstić information content (AvgIpc) is 2.76. The van der Waals surface area contributed by atoms with E-state index in [1.54, 1.807) is 18.2 Å². The minimum Gasteiger partial charge on any atom is -0.343 e. The summed E-state index contributed by atoms with van der Waals surface area (Å²) in [7, 11) is 0. The maximum absolute atomic E-state index is 13.2. The van der Waals surface area contributed by atoms with Gasteiger partial charge >= 0.3 is 0 Å². The van der Waals surface area contributed by atoms with Crippen molar-refractivity contribution in [3.63, 3.8) is 0 Å². The molecule has 2 aromatic carbocycles. The zero-order valence-electron chi connectivity index (χ0n) is 9.91. The molecule has 0 saturated carbocycles. The van der Waals surface area contributed by atoms with E-state index in [2.05, 4.69) is 15.9 Å². The second-order valence-corrected chi connectivity index (χ2v) is 5.25. The summed E-state index contributed by atoms with van der Waals surface area (Å²) in [6.45, 7) is 0.619. The van der Waals surface area contributed by atoms with E-state index >= 15 is 0 Å². The van der Waals surface area contributed by atoms with Gasteiger partial charge in [-0.1, -0.05) is 6.07 Å². The zero-order chi connectivity index (χ0) is 13.4. The molecule has 3 rings (SSSR count). The Balaban J connectivity index is 1.98. The van der Waals surface area contributed by atoms with Crippen LogP contribution in [0.1, 0.15) is 5.56 Å². The maximum atomic E-state index is 13.2. The second kappa shape index (κ2) is 4.78. The standard InChI is InChI=1S/C15H10BrF2N/c16-13-7-10(1-3-14(13)18)9-19-6-5-11-8-12(17)2-4-15(11)19/h1-8H,9H2. The van der Waals surface area contributed by atoms with Crippen LogP contribution in [0.5, 0.6) is 0 Å². The van der Waals surface area contributed by atoms with Gasteiger partial charge in [0.15, 0.2) is 0 Å². The summed E-state index contributed by atoms with van der Waals surface area (Å²) in [6, 6.07) is 11.5. The molecule has 0 aliphatic carbocycles. The van der Waals surface area contributed by atoms with E-state index in [0.717, 1.165) is 16.5 Å². The number of nitrogens with zero attached hydrogens (tertiary/aromatic N) is 1. The van der Waals surface area contributed by atoms with Crippen molar-refractivity contribution in [2.45, 2.75) is 6.54 Å². The first-order valence-electron chi connectivity index (χ1n) is 5.82. The van der Waals surface area contributed by atoms with E-state index in [4.69, 9.17) is 0 Å². The first-order chi connectivity index (χ1) is 9.13. The molecule has 19 heavy (non-hydrogen) atoms. The van der Waals surface area contributed by atoms with Gasteiger partial charge < -0.3 is 4.57 Å². The van der Waals surface area contributed by atoms with Crippen LogP contribution in [0.3, 0.4) is 0 Å². The molecule has 96 valence electrons. The Morgan fingerprint density at radius 3 is 2.63 bits per heavy atom. The third-order valence-corrected chi connectivity index (χ3v) is 3.68. The topological polar surface area (TPSA) is 4.93 Å². The molecule has 0 saturated heterocycles. The van der Waals surface area contributed by atoms with Crippen molar-refractivity contribution in [2.24, 2.45) is 0 Å². The van der Waals surface area contributed by atoms with Crippen LogP contribution in [0.2, 0.25) is 0 Å². The maximum Gasteiger partial charge on any atom is 0.137 e. The third-order valence-electron chi connectivity index (χ3n) is 3.07. The zero-order valence-corrected chi connectivity index (χ0v) is 11.5. The number of aromatic nitrogens is 1. The fourth-order valence-electron chi connectivity index (χ4n) is 2.14. The monoisotopic (exact) mass is 321 g/mol. The second-order valence-electron chi connectivity index (χ2n) is 4.40. The Labute approximate surface area is 117 Å². The highest BCUT2D eigenvalue weighted by Gasteiger charge is 2.05. The third kappa shape index (κ3) is 2.40. The van der Waals surface area contributed by atoms with Crippen molar-refractivity contribution >= 4 is 26.8 Å². The number of hydrogen-bond donors (Lipinski definition) is 0. The number of fused-ring (bicyclic) bond motifs is 1. The lowest BCUT2D eigenvalue weighted by Gasteiger charge is -2.06. The number of hydrogen-bond acceptors (Lipinski definition) is 0. The molecule has 3 aromatic rings. The van der Waals surface area contributed by atoms with E-state index in [1.807, 2.05) is 16.8 Å². The highest BCUT2D eigenvalue weighted by atomic mass is 79.9. The molecule has 1 heterocycles. The molecule has 0 N–H and O–H groups in total. The first kappa shape index (κ1) is 12.4. The van der Waals surface area contributed by atoms with Gasteiger partial charge in [-0.25, -0.2) is 8.78 Å². The van der Waals surface area contributed by atoms with Crippen molar-refractivity contribution < 1.29 is 8.78 Å². The molecular formula is C15H10BrF2N. The van der Waals surface area contributed by atoms with Crippen molar-refractivity contribution in [1.29, 1.82) is 0 Å². The quantitative estimate of drug-likeness (QED) is 0.643. The molecule has 0 radical (unpaired) electrons. The van der Waals surface area contributed by atoms with Crippen LogP contribution in [0.15, 0.2) is 53.1 Å². The Morgan fingerprint density at radius 1 is 1.00 bits per heavy atom. The molecule has 1 nitrogen and oxygen atoms in total. The molecule has 0 aliphatic heterocycles. The van der Waals surface area contributed by atoms with E-state index in [-0.39, 0.29) is 11.6 Å². The lowest BCUT2D eigenvalue weighted by molar-refractivity contribution is 0.619. The van der Waals surface area contributed by atoms with Gasteiger partial charge in [0, 0.05) is 23.6 Å². The van der Waals surface area contributed by atoms with Crippen molar-refractivity contribution in [3.8, 4) is 0 Å². The molecule has 0 spiro atoms. The molecule has 0 fully saturated rings. The predicted molar refractivity (Wildman–Crippen MR) is 75.1 cm³/mol. The van der Waals surface area contributed by atoms with Crippen LogP contribution < -0.4 is 0 Å². The molecular weight excluding hydrogens is 312 g/mol. The Kier molecular flexibility index (Phi) is 3.11. The van der Waals surface area contributed by atoms with Crippen LogP contribution in [0.25, 0.3) is 10.9 Å². The molecule has 0 atom stereocenters. The number of halogens is 3. The van der Waals surface area contributed by atoms with Gasteiger partial charge in [-0.2, -0.15) is 0 Å². The summed E-state index contributed by atoms with van der Waals surface area (Å²) in [5.74, 6) is -0.516. The Hall–Kier alpha value is -1.68.